The molecule has 0 aromatic heterocycles. The molecule has 1 saturated heterocycles. The molecule has 1 aliphatic carbocycles. The first-order chi connectivity index (χ1) is 13.3. The summed E-state index contributed by atoms with van der Waals surface area (Å²) in [4.78, 5) is 19.1. The van der Waals surface area contributed by atoms with Gasteiger partial charge in [0.25, 0.3) is 0 Å². The Bertz CT molecular complexity index is 637. The normalized spacial score (nSPS) is 18.0. The van der Waals surface area contributed by atoms with Gasteiger partial charge < -0.3 is 23.9 Å². The molecule has 0 spiro atoms. The van der Waals surface area contributed by atoms with Crippen molar-refractivity contribution < 1.29 is 23.8 Å². The van der Waals surface area contributed by atoms with E-state index in [9.17, 15) is 4.79 Å². The molecule has 27 heavy (non-hydrogen) atoms. The van der Waals surface area contributed by atoms with Crippen LogP contribution in [0.15, 0.2) is 23.4 Å². The zero-order valence-electron chi connectivity index (χ0n) is 15.9. The number of ether oxygens (including phenoxy) is 3. The molecular formula is C20H28N2O5. The van der Waals surface area contributed by atoms with Crippen LogP contribution in [-0.4, -0.2) is 63.1 Å². The van der Waals surface area contributed by atoms with Gasteiger partial charge >= 0.3 is 0 Å². The van der Waals surface area contributed by atoms with E-state index in [4.69, 9.17) is 19.0 Å². The molecule has 7 heteroatoms. The van der Waals surface area contributed by atoms with Crippen LogP contribution in [0.5, 0.6) is 11.5 Å². The van der Waals surface area contributed by atoms with Crippen LogP contribution < -0.4 is 9.47 Å². The second kappa shape index (κ2) is 10.2. The lowest BCUT2D eigenvalue weighted by Gasteiger charge is -2.26. The van der Waals surface area contributed by atoms with Crippen molar-refractivity contribution in [2.45, 2.75) is 38.2 Å². The molecule has 7 nitrogen and oxygen atoms in total. The van der Waals surface area contributed by atoms with Gasteiger partial charge in [-0.3, -0.25) is 4.79 Å². The maximum atomic E-state index is 12.0. The third kappa shape index (κ3) is 5.85. The van der Waals surface area contributed by atoms with Crippen molar-refractivity contribution in [2.75, 3.05) is 40.0 Å². The number of morpholine rings is 1. The second-order valence-electron chi connectivity index (χ2n) is 6.75. The maximum absolute atomic E-state index is 12.0. The van der Waals surface area contributed by atoms with Gasteiger partial charge in [0.05, 0.1) is 39.1 Å². The smallest absolute Gasteiger partial charge is 0.226 e. The Morgan fingerprint density at radius 1 is 1.26 bits per heavy atom. The number of oxime groups is 1. The van der Waals surface area contributed by atoms with Gasteiger partial charge in [-0.15, -0.1) is 0 Å². The summed E-state index contributed by atoms with van der Waals surface area (Å²) in [6, 6.07) is 5.67. The fraction of sp³-hybridized carbons (Fsp3) is 0.600. The van der Waals surface area contributed by atoms with Crippen LogP contribution in [0.1, 0.15) is 37.7 Å². The highest BCUT2D eigenvalue weighted by atomic mass is 16.6. The van der Waals surface area contributed by atoms with Crippen LogP contribution >= 0.6 is 0 Å². The summed E-state index contributed by atoms with van der Waals surface area (Å²) in [5, 5.41) is 3.97. The van der Waals surface area contributed by atoms with Gasteiger partial charge in [-0.1, -0.05) is 5.16 Å². The van der Waals surface area contributed by atoms with Gasteiger partial charge in [0.2, 0.25) is 5.91 Å². The Morgan fingerprint density at radius 2 is 2.04 bits per heavy atom. The Balaban J connectivity index is 1.46. The third-order valence-electron chi connectivity index (χ3n) is 4.83. The number of benzene rings is 1. The Hall–Kier alpha value is -2.28. The fourth-order valence-electron chi connectivity index (χ4n) is 3.31. The molecule has 148 valence electrons. The molecule has 0 N–H and O–H groups in total. The van der Waals surface area contributed by atoms with Crippen molar-refractivity contribution in [2.24, 2.45) is 5.16 Å². The number of methoxy groups -OCH3 is 1. The van der Waals surface area contributed by atoms with E-state index < -0.39 is 0 Å². The van der Waals surface area contributed by atoms with E-state index in [0.717, 1.165) is 29.9 Å². The van der Waals surface area contributed by atoms with Gasteiger partial charge in [-0.05, 0) is 43.9 Å². The molecule has 2 fully saturated rings. The van der Waals surface area contributed by atoms with Crippen LogP contribution in [0.25, 0.3) is 0 Å². The highest BCUT2D eigenvalue weighted by molar-refractivity contribution is 5.80. The average molecular weight is 376 g/mol. The molecular weight excluding hydrogens is 348 g/mol. The van der Waals surface area contributed by atoms with Crippen LogP contribution in [0, 0.1) is 0 Å². The number of hydrogen-bond acceptors (Lipinski definition) is 6. The topological polar surface area (TPSA) is 69.6 Å². The predicted octanol–water partition coefficient (Wildman–Crippen LogP) is 2.62. The molecule has 0 unspecified atom stereocenters. The molecule has 1 aromatic carbocycles. The van der Waals surface area contributed by atoms with E-state index in [-0.39, 0.29) is 18.6 Å². The largest absolute Gasteiger partial charge is 0.493 e. The fourth-order valence-corrected chi connectivity index (χ4v) is 3.31. The minimum Gasteiger partial charge on any atom is -0.493 e. The van der Waals surface area contributed by atoms with E-state index >= 15 is 0 Å². The summed E-state index contributed by atoms with van der Waals surface area (Å²) in [5.41, 5.74) is 0.864. The molecule has 1 aromatic rings. The van der Waals surface area contributed by atoms with Gasteiger partial charge in [-0.25, -0.2) is 0 Å². The molecule has 3 rings (SSSR count). The Morgan fingerprint density at radius 3 is 2.78 bits per heavy atom. The van der Waals surface area contributed by atoms with E-state index in [1.807, 2.05) is 18.2 Å². The molecule has 0 bridgehead atoms. The summed E-state index contributed by atoms with van der Waals surface area (Å²) in [7, 11) is 1.64. The maximum Gasteiger partial charge on any atom is 0.226 e. The third-order valence-corrected chi connectivity index (χ3v) is 4.83. The molecule has 2 aliphatic rings. The lowest BCUT2D eigenvalue weighted by atomic mass is 10.2. The van der Waals surface area contributed by atoms with E-state index in [1.54, 1.807) is 18.2 Å². The van der Waals surface area contributed by atoms with Crippen LogP contribution in [-0.2, 0) is 14.4 Å². The standard InChI is InChI=1S/C20H28N2O5/c1-24-18-7-6-16(14-19(18)27-17-4-2-3-5-17)15-21-26-11-8-20(23)22-9-12-25-13-10-22/h6-7,14-15,17H,2-5,8-13H2,1H3/b21-15+. The molecule has 1 aliphatic heterocycles. The molecule has 1 amide bonds. The lowest BCUT2D eigenvalue weighted by molar-refractivity contribution is -0.136. The number of carbonyl (C=O) groups excluding carboxylic acids is 1. The summed E-state index contributed by atoms with van der Waals surface area (Å²) in [6.45, 7) is 2.77. The zero-order chi connectivity index (χ0) is 18.9. The highest BCUT2D eigenvalue weighted by Crippen LogP contribution is 2.32. The first kappa shape index (κ1) is 19.5. The number of carbonyl (C=O) groups is 1. The monoisotopic (exact) mass is 376 g/mol. The number of nitrogens with zero attached hydrogens (tertiary/aromatic N) is 2. The van der Waals surface area contributed by atoms with E-state index in [2.05, 4.69) is 5.16 Å². The molecule has 1 heterocycles. The van der Waals surface area contributed by atoms with Crippen LogP contribution in [0.4, 0.5) is 0 Å². The van der Waals surface area contributed by atoms with Gasteiger partial charge in [-0.2, -0.15) is 0 Å². The SMILES string of the molecule is COc1ccc(/C=N/OCCC(=O)N2CCOCC2)cc1OC1CCCC1. The summed E-state index contributed by atoms with van der Waals surface area (Å²) in [5.74, 6) is 1.53. The summed E-state index contributed by atoms with van der Waals surface area (Å²) in [6.07, 6.45) is 6.80. The van der Waals surface area contributed by atoms with Gasteiger partial charge in [0.15, 0.2) is 11.5 Å². The number of rotatable bonds is 8. The lowest BCUT2D eigenvalue weighted by Crippen LogP contribution is -2.40. The van der Waals surface area contributed by atoms with Crippen LogP contribution in [0.2, 0.25) is 0 Å². The molecule has 0 atom stereocenters. The van der Waals surface area contributed by atoms with E-state index in [0.29, 0.717) is 32.7 Å². The second-order valence-corrected chi connectivity index (χ2v) is 6.75. The zero-order valence-corrected chi connectivity index (χ0v) is 15.9. The quantitative estimate of drug-likeness (QED) is 0.396. The van der Waals surface area contributed by atoms with Crippen molar-refractivity contribution in [3.8, 4) is 11.5 Å². The van der Waals surface area contributed by atoms with E-state index in [1.165, 1.54) is 12.8 Å². The first-order valence-corrected chi connectivity index (χ1v) is 9.62. The number of hydrogen-bond donors (Lipinski definition) is 0. The van der Waals surface area contributed by atoms with Crippen molar-refractivity contribution in [1.82, 2.24) is 4.90 Å². The van der Waals surface area contributed by atoms with Crippen LogP contribution in [0.3, 0.4) is 0 Å². The average Bonchev–Trinajstić information content (AvgIpc) is 3.21. The summed E-state index contributed by atoms with van der Waals surface area (Å²) < 4.78 is 16.7. The van der Waals surface area contributed by atoms with Crippen molar-refractivity contribution >= 4 is 12.1 Å². The Kier molecular flexibility index (Phi) is 7.33. The highest BCUT2D eigenvalue weighted by Gasteiger charge is 2.19. The van der Waals surface area contributed by atoms with Crippen molar-refractivity contribution in [1.29, 1.82) is 0 Å². The molecule has 1 saturated carbocycles. The minimum atomic E-state index is 0.0743. The summed E-state index contributed by atoms with van der Waals surface area (Å²) >= 11 is 0. The number of amides is 1. The first-order valence-electron chi connectivity index (χ1n) is 9.62. The van der Waals surface area contributed by atoms with Crippen molar-refractivity contribution in [3.63, 3.8) is 0 Å². The van der Waals surface area contributed by atoms with Crippen molar-refractivity contribution in [3.05, 3.63) is 23.8 Å². The Labute approximate surface area is 160 Å². The molecule has 0 radical (unpaired) electrons. The minimum absolute atomic E-state index is 0.0743. The van der Waals surface area contributed by atoms with Gasteiger partial charge in [0.1, 0.15) is 6.61 Å². The predicted molar refractivity (Wildman–Crippen MR) is 101 cm³/mol. The van der Waals surface area contributed by atoms with Gasteiger partial charge in [0, 0.05) is 18.7 Å².